The number of benzene rings is 3. The van der Waals surface area contributed by atoms with Gasteiger partial charge < -0.3 is 19.7 Å². The third-order valence-electron chi connectivity index (χ3n) is 6.59. The number of methoxy groups -OCH3 is 2. The first-order chi connectivity index (χ1) is 19.9. The number of ether oxygens (including phenoxy) is 2. The molecule has 9 nitrogen and oxygen atoms in total. The molecule has 1 atom stereocenters. The Hall–Kier alpha value is -4.12. The first-order valence-electron chi connectivity index (χ1n) is 13.5. The number of amides is 2. The molecule has 42 heavy (non-hydrogen) atoms. The molecule has 0 saturated heterocycles. The van der Waals surface area contributed by atoms with Crippen LogP contribution in [0, 0.1) is 11.7 Å². The molecule has 3 aromatic rings. The van der Waals surface area contributed by atoms with E-state index in [1.54, 1.807) is 12.1 Å². The molecule has 0 spiro atoms. The summed E-state index contributed by atoms with van der Waals surface area (Å²) < 4.78 is 52.6. The summed E-state index contributed by atoms with van der Waals surface area (Å²) in [5.41, 5.74) is 1.05. The monoisotopic (exact) mass is 599 g/mol. The number of carbonyl (C=O) groups is 2. The smallest absolute Gasteiger partial charge is 0.244 e. The highest BCUT2D eigenvalue weighted by Gasteiger charge is 2.34. The summed E-state index contributed by atoms with van der Waals surface area (Å²) in [5, 5.41) is 2.89. The molecule has 0 radical (unpaired) electrons. The minimum atomic E-state index is -4.04. The van der Waals surface area contributed by atoms with Crippen LogP contribution in [-0.4, -0.2) is 64.7 Å². The van der Waals surface area contributed by atoms with Gasteiger partial charge in [-0.1, -0.05) is 62.4 Å². The summed E-state index contributed by atoms with van der Waals surface area (Å²) in [4.78, 5) is 29.0. The van der Waals surface area contributed by atoms with Gasteiger partial charge in [0.15, 0.2) is 0 Å². The number of nitrogens with one attached hydrogen (secondary N) is 1. The van der Waals surface area contributed by atoms with Gasteiger partial charge in [0.05, 0.1) is 26.2 Å². The lowest BCUT2D eigenvalue weighted by Crippen LogP contribution is -2.53. The van der Waals surface area contributed by atoms with Crippen LogP contribution in [0.1, 0.15) is 25.0 Å². The van der Waals surface area contributed by atoms with Gasteiger partial charge in [-0.15, -0.1) is 0 Å². The Morgan fingerprint density at radius 1 is 0.952 bits per heavy atom. The van der Waals surface area contributed by atoms with Gasteiger partial charge in [-0.3, -0.25) is 13.9 Å². The van der Waals surface area contributed by atoms with Gasteiger partial charge in [0.2, 0.25) is 21.8 Å². The van der Waals surface area contributed by atoms with E-state index in [-0.39, 0.29) is 35.9 Å². The molecular formula is C31H38FN3O6S. The largest absolute Gasteiger partial charge is 0.497 e. The van der Waals surface area contributed by atoms with Gasteiger partial charge in [0, 0.05) is 31.1 Å². The molecule has 0 bridgehead atoms. The predicted octanol–water partition coefficient (Wildman–Crippen LogP) is 4.02. The molecule has 0 aliphatic rings. The molecular weight excluding hydrogens is 561 g/mol. The van der Waals surface area contributed by atoms with E-state index in [0.29, 0.717) is 12.3 Å². The Balaban J connectivity index is 2.11. The summed E-state index contributed by atoms with van der Waals surface area (Å²) in [7, 11) is -1.22. The van der Waals surface area contributed by atoms with E-state index < -0.39 is 40.2 Å². The van der Waals surface area contributed by atoms with Crippen LogP contribution in [0.5, 0.6) is 11.5 Å². The van der Waals surface area contributed by atoms with Crippen molar-refractivity contribution in [1.29, 1.82) is 0 Å². The van der Waals surface area contributed by atoms with Crippen molar-refractivity contribution in [3.8, 4) is 11.5 Å². The number of rotatable bonds is 14. The van der Waals surface area contributed by atoms with Crippen molar-refractivity contribution in [3.63, 3.8) is 0 Å². The number of anilines is 1. The van der Waals surface area contributed by atoms with Crippen molar-refractivity contribution < 1.29 is 31.9 Å². The Morgan fingerprint density at radius 3 is 2.21 bits per heavy atom. The fourth-order valence-electron chi connectivity index (χ4n) is 4.37. The maximum Gasteiger partial charge on any atom is 0.244 e. The summed E-state index contributed by atoms with van der Waals surface area (Å²) in [6, 6.07) is 18.6. The zero-order valence-corrected chi connectivity index (χ0v) is 25.4. The molecule has 0 saturated carbocycles. The number of halogens is 1. The van der Waals surface area contributed by atoms with Crippen molar-refractivity contribution >= 4 is 27.5 Å². The lowest BCUT2D eigenvalue weighted by Gasteiger charge is -2.34. The zero-order chi connectivity index (χ0) is 30.9. The van der Waals surface area contributed by atoms with E-state index in [1.807, 2.05) is 44.2 Å². The lowest BCUT2D eigenvalue weighted by atomic mass is 10.0. The fraction of sp³-hybridized carbons (Fsp3) is 0.355. The summed E-state index contributed by atoms with van der Waals surface area (Å²) in [6.07, 6.45) is 1.10. The second-order valence-electron chi connectivity index (χ2n) is 10.3. The minimum absolute atomic E-state index is 0.0856. The molecule has 0 aliphatic heterocycles. The van der Waals surface area contributed by atoms with Crippen LogP contribution < -0.4 is 19.1 Å². The van der Waals surface area contributed by atoms with Crippen molar-refractivity contribution in [2.24, 2.45) is 5.92 Å². The zero-order valence-electron chi connectivity index (χ0n) is 24.5. The molecule has 0 aromatic heterocycles. The molecule has 1 N–H and O–H groups in total. The van der Waals surface area contributed by atoms with E-state index in [1.165, 1.54) is 49.5 Å². The highest BCUT2D eigenvalue weighted by molar-refractivity contribution is 7.92. The molecule has 226 valence electrons. The topological polar surface area (TPSA) is 105 Å². The van der Waals surface area contributed by atoms with Gasteiger partial charge in [-0.2, -0.15) is 0 Å². The fourth-order valence-corrected chi connectivity index (χ4v) is 5.22. The number of nitrogens with zero attached hydrogens (tertiary/aromatic N) is 2. The molecule has 0 aliphatic carbocycles. The van der Waals surface area contributed by atoms with Gasteiger partial charge in [-0.05, 0) is 29.7 Å². The predicted molar refractivity (Wildman–Crippen MR) is 160 cm³/mol. The molecule has 0 heterocycles. The quantitative estimate of drug-likeness (QED) is 0.300. The molecule has 3 aromatic carbocycles. The maximum atomic E-state index is 14.9. The second-order valence-corrected chi connectivity index (χ2v) is 12.2. The maximum absolute atomic E-state index is 14.9. The third kappa shape index (κ3) is 8.69. The van der Waals surface area contributed by atoms with Gasteiger partial charge in [0.1, 0.15) is 29.9 Å². The first-order valence-corrected chi connectivity index (χ1v) is 15.3. The van der Waals surface area contributed by atoms with E-state index in [9.17, 15) is 22.4 Å². The Bertz CT molecular complexity index is 1470. The third-order valence-corrected chi connectivity index (χ3v) is 7.71. The van der Waals surface area contributed by atoms with Crippen molar-refractivity contribution in [3.05, 3.63) is 89.7 Å². The highest BCUT2D eigenvalue weighted by Crippen LogP contribution is 2.34. The second kappa shape index (κ2) is 14.7. The molecule has 2 amide bonds. The minimum Gasteiger partial charge on any atom is -0.497 e. The summed E-state index contributed by atoms with van der Waals surface area (Å²) in [5.74, 6) is -0.985. The number of sulfonamides is 1. The van der Waals surface area contributed by atoms with E-state index >= 15 is 0 Å². The molecule has 3 rings (SSSR count). The molecule has 0 unspecified atom stereocenters. The van der Waals surface area contributed by atoms with Crippen molar-refractivity contribution in [2.45, 2.75) is 32.9 Å². The van der Waals surface area contributed by atoms with Gasteiger partial charge >= 0.3 is 0 Å². The standard InChI is InChI=1S/C31H38FN3O6S/c1-22(2)19-33-31(37)28(17-23-11-7-6-8-12-23)34(20-24-13-9-10-14-26(24)32)30(36)21-35(42(5,38)39)27-18-25(40-3)15-16-29(27)41-4/h6-16,18,22,28H,17,19-21H2,1-5H3,(H,33,37)/t28-/m0/s1. The number of hydrogen-bond donors (Lipinski definition) is 1. The molecule has 11 heteroatoms. The Kier molecular flexibility index (Phi) is 11.3. The van der Waals surface area contributed by atoms with Crippen LogP contribution in [0.15, 0.2) is 72.8 Å². The summed E-state index contributed by atoms with van der Waals surface area (Å²) in [6.45, 7) is 3.33. The van der Waals surface area contributed by atoms with Crippen LogP contribution in [0.25, 0.3) is 0 Å². The van der Waals surface area contributed by atoms with Crippen molar-refractivity contribution in [2.75, 3.05) is 37.9 Å². The van der Waals surface area contributed by atoms with Gasteiger partial charge in [-0.25, -0.2) is 12.8 Å². The lowest BCUT2D eigenvalue weighted by molar-refractivity contribution is -0.140. The SMILES string of the molecule is COc1ccc(OC)c(N(CC(=O)N(Cc2ccccc2F)[C@@H](Cc2ccccc2)C(=O)NCC(C)C)S(C)(=O)=O)c1. The Labute approximate surface area is 247 Å². The van der Waals surface area contributed by atoms with E-state index in [2.05, 4.69) is 5.32 Å². The van der Waals surface area contributed by atoms with E-state index in [4.69, 9.17) is 9.47 Å². The first kappa shape index (κ1) is 32.4. The van der Waals surface area contributed by atoms with Crippen LogP contribution >= 0.6 is 0 Å². The van der Waals surface area contributed by atoms with Crippen LogP contribution in [0.3, 0.4) is 0 Å². The van der Waals surface area contributed by atoms with Crippen LogP contribution in [0.2, 0.25) is 0 Å². The average Bonchev–Trinajstić information content (AvgIpc) is 2.96. The average molecular weight is 600 g/mol. The van der Waals surface area contributed by atoms with Gasteiger partial charge in [0.25, 0.3) is 0 Å². The van der Waals surface area contributed by atoms with Crippen LogP contribution in [-0.2, 0) is 32.6 Å². The highest BCUT2D eigenvalue weighted by atomic mass is 32.2. The van der Waals surface area contributed by atoms with Crippen molar-refractivity contribution in [1.82, 2.24) is 10.2 Å². The number of hydrogen-bond acceptors (Lipinski definition) is 6. The van der Waals surface area contributed by atoms with E-state index in [0.717, 1.165) is 16.1 Å². The summed E-state index contributed by atoms with van der Waals surface area (Å²) >= 11 is 0. The van der Waals surface area contributed by atoms with Crippen LogP contribution in [0.4, 0.5) is 10.1 Å². The Morgan fingerprint density at radius 2 is 1.62 bits per heavy atom. The molecule has 0 fully saturated rings. The number of carbonyl (C=O) groups excluding carboxylic acids is 2. The normalized spacial score (nSPS) is 12.0.